The van der Waals surface area contributed by atoms with Gasteiger partial charge in [0.2, 0.25) is 0 Å². The van der Waals surface area contributed by atoms with Crippen molar-refractivity contribution >= 4 is 97.0 Å². The zero-order chi connectivity index (χ0) is 59.2. The summed E-state index contributed by atoms with van der Waals surface area (Å²) in [6.45, 7) is 0. The molecule has 0 N–H and O–H groups in total. The highest BCUT2D eigenvalue weighted by atomic mass is 14.2. The lowest BCUT2D eigenvalue weighted by Gasteiger charge is -2.19. The summed E-state index contributed by atoms with van der Waals surface area (Å²) >= 11 is 0. The van der Waals surface area contributed by atoms with Gasteiger partial charge in [0.25, 0.3) is 0 Å². The van der Waals surface area contributed by atoms with Crippen LogP contribution in [0.4, 0.5) is 0 Å². The molecule has 0 aliphatic heterocycles. The second-order valence-corrected chi connectivity index (χ2v) is 24.4. The molecule has 0 saturated carbocycles. The van der Waals surface area contributed by atoms with Gasteiger partial charge in [-0.2, -0.15) is 0 Å². The van der Waals surface area contributed by atoms with E-state index in [2.05, 4.69) is 340 Å². The van der Waals surface area contributed by atoms with Gasteiger partial charge in [0, 0.05) is 0 Å². The number of hydrogen-bond acceptors (Lipinski definition) is 0. The van der Waals surface area contributed by atoms with Crippen LogP contribution in [0.3, 0.4) is 0 Å². The van der Waals surface area contributed by atoms with Crippen molar-refractivity contribution in [3.63, 3.8) is 0 Å². The van der Waals surface area contributed by atoms with E-state index in [9.17, 15) is 0 Å². The summed E-state index contributed by atoms with van der Waals surface area (Å²) in [5.74, 6) is 0. The average Bonchev–Trinajstić information content (AvgIpc) is 0.722. The third kappa shape index (κ3) is 8.91. The maximum Gasteiger partial charge on any atom is -0.00134 e. The number of fused-ring (bicyclic) bond motifs is 15. The van der Waals surface area contributed by atoms with Crippen molar-refractivity contribution < 1.29 is 0 Å². The highest BCUT2D eigenvalue weighted by Crippen LogP contribution is 2.48. The minimum absolute atomic E-state index is 1.19. The van der Waals surface area contributed by atoms with Crippen molar-refractivity contribution in [3.05, 3.63) is 340 Å². The first kappa shape index (κ1) is 51.5. The van der Waals surface area contributed by atoms with Crippen molar-refractivity contribution in [1.82, 2.24) is 0 Å². The normalized spacial score (nSPS) is 11.8. The van der Waals surface area contributed by atoms with Crippen molar-refractivity contribution in [2.45, 2.75) is 0 Å². The Morgan fingerprint density at radius 1 is 0.100 bits per heavy atom. The summed E-state index contributed by atoms with van der Waals surface area (Å²) in [7, 11) is 0. The van der Waals surface area contributed by atoms with Gasteiger partial charge in [0.05, 0.1) is 0 Å². The molecule has 0 aliphatic rings. The van der Waals surface area contributed by atoms with Gasteiger partial charge in [0.1, 0.15) is 0 Å². The van der Waals surface area contributed by atoms with Crippen LogP contribution in [0, 0.1) is 0 Å². The Bertz CT molecular complexity index is 5190. The molecule has 0 radical (unpaired) electrons. The minimum atomic E-state index is 1.19. The Morgan fingerprint density at radius 3 is 0.444 bits per heavy atom. The predicted molar refractivity (Wildman–Crippen MR) is 387 cm³/mol. The SMILES string of the molecule is c1ccc(-c2ccc3cc(-c4ccc5c6ccc(-c7ccc8cc(-c9ccccc9)ccc8c7)cc6c6c7cc(-c8ccc9cc(-c%10ccccc%10)ccc9c8)ccc7c7ccc(-c8ccc9cc(-c%10ccccc%10)ccc9c8)cc7c6c5c4)ccc3c2)cc1. The van der Waals surface area contributed by atoms with E-state index in [1.165, 1.54) is 186 Å². The fourth-order valence-electron chi connectivity index (χ4n) is 14.4. The van der Waals surface area contributed by atoms with E-state index >= 15 is 0 Å². The Morgan fingerprint density at radius 2 is 0.256 bits per heavy atom. The summed E-state index contributed by atoms with van der Waals surface area (Å²) in [4.78, 5) is 0. The summed E-state index contributed by atoms with van der Waals surface area (Å²) in [5.41, 5.74) is 19.3. The molecule has 0 spiro atoms. The fourth-order valence-corrected chi connectivity index (χ4v) is 14.4. The van der Waals surface area contributed by atoms with Gasteiger partial charge < -0.3 is 0 Å². The first-order valence-electron chi connectivity index (χ1n) is 31.2. The van der Waals surface area contributed by atoms with Crippen LogP contribution in [-0.2, 0) is 0 Å². The van der Waals surface area contributed by atoms with Crippen LogP contribution in [0.25, 0.3) is 186 Å². The second kappa shape index (κ2) is 21.0. The molecule has 18 rings (SSSR count). The van der Waals surface area contributed by atoms with Crippen molar-refractivity contribution in [3.8, 4) is 89.0 Å². The van der Waals surface area contributed by atoms with E-state index in [1.807, 2.05) is 0 Å². The molecular formula is C90H56. The number of hydrogen-bond donors (Lipinski definition) is 0. The van der Waals surface area contributed by atoms with Crippen LogP contribution in [0.1, 0.15) is 0 Å². The van der Waals surface area contributed by atoms with Gasteiger partial charge in [-0.15, -0.1) is 0 Å². The minimum Gasteiger partial charge on any atom is -0.0622 e. The van der Waals surface area contributed by atoms with Crippen LogP contribution < -0.4 is 0 Å². The van der Waals surface area contributed by atoms with Crippen LogP contribution in [0.15, 0.2) is 340 Å². The monoisotopic (exact) mass is 1140 g/mol. The van der Waals surface area contributed by atoms with E-state index in [0.29, 0.717) is 0 Å². The highest BCUT2D eigenvalue weighted by Gasteiger charge is 2.20. The molecule has 0 unspecified atom stereocenters. The lowest BCUT2D eigenvalue weighted by atomic mass is 9.84. The number of benzene rings is 18. The predicted octanol–water partition coefficient (Wildman–Crippen LogP) is 25.4. The Labute approximate surface area is 522 Å². The molecule has 0 fully saturated rings. The van der Waals surface area contributed by atoms with Gasteiger partial charge >= 0.3 is 0 Å². The Kier molecular flexibility index (Phi) is 12.0. The zero-order valence-corrected chi connectivity index (χ0v) is 49.3. The van der Waals surface area contributed by atoms with Crippen LogP contribution in [-0.4, -0.2) is 0 Å². The number of rotatable bonds is 8. The molecule has 0 bridgehead atoms. The van der Waals surface area contributed by atoms with Crippen molar-refractivity contribution in [1.29, 1.82) is 0 Å². The quantitative estimate of drug-likeness (QED) is 0.133. The molecule has 0 heteroatoms. The van der Waals surface area contributed by atoms with Crippen molar-refractivity contribution in [2.24, 2.45) is 0 Å². The fraction of sp³-hybridized carbons (Fsp3) is 0. The summed E-state index contributed by atoms with van der Waals surface area (Å²) < 4.78 is 0. The van der Waals surface area contributed by atoms with Gasteiger partial charge in [0.15, 0.2) is 0 Å². The standard InChI is InChI=1S/C90H56/c1-5-13-57(14-6-1)61-21-25-69-49-73(33-29-65(69)45-61)77-37-41-81-82-42-38-79(75-35-31-67-47-63(23-27-71(67)51-75)59-17-9-3-10-18-59)55-87(82)90-88-56-80(76-36-32-68-48-64(24-28-72(68)52-76)60-19-11-4-12-20-60)40-44-84(88)83-43-39-78(54-86(83)89(90)85(81)53-77)74-34-30-66-46-62(22-26-70(66)50-74)58-15-7-2-8-16-58/h1-56H. The van der Waals surface area contributed by atoms with Gasteiger partial charge in [-0.05, 0) is 259 Å². The maximum absolute atomic E-state index is 2.49. The maximum atomic E-state index is 2.49. The van der Waals surface area contributed by atoms with E-state index in [0.717, 1.165) is 0 Å². The van der Waals surface area contributed by atoms with E-state index in [4.69, 9.17) is 0 Å². The van der Waals surface area contributed by atoms with E-state index in [1.54, 1.807) is 0 Å². The largest absolute Gasteiger partial charge is 0.0622 e. The van der Waals surface area contributed by atoms with Gasteiger partial charge in [-0.1, -0.05) is 267 Å². The van der Waals surface area contributed by atoms with E-state index < -0.39 is 0 Å². The molecule has 90 heavy (non-hydrogen) atoms. The topological polar surface area (TPSA) is 0 Å². The third-order valence-electron chi connectivity index (χ3n) is 19.1. The second-order valence-electron chi connectivity index (χ2n) is 24.4. The highest BCUT2D eigenvalue weighted by molar-refractivity contribution is 6.40. The lowest BCUT2D eigenvalue weighted by molar-refractivity contribution is 1.63. The molecule has 18 aromatic carbocycles. The summed E-state index contributed by atoms with van der Waals surface area (Å²) in [5, 5.41) is 22.2. The third-order valence-corrected chi connectivity index (χ3v) is 19.1. The molecule has 0 amide bonds. The Hall–Kier alpha value is -11.7. The molecule has 0 saturated heterocycles. The van der Waals surface area contributed by atoms with Crippen LogP contribution >= 0.6 is 0 Å². The molecule has 0 heterocycles. The smallest absolute Gasteiger partial charge is 0.00134 e. The average molecular weight is 1140 g/mol. The van der Waals surface area contributed by atoms with Gasteiger partial charge in [-0.3, -0.25) is 0 Å². The molecule has 416 valence electrons. The summed E-state index contributed by atoms with van der Waals surface area (Å²) in [6, 6.07) is 127. The molecule has 18 aromatic rings. The van der Waals surface area contributed by atoms with Crippen LogP contribution in [0.5, 0.6) is 0 Å². The first-order chi connectivity index (χ1) is 44.5. The lowest BCUT2D eigenvalue weighted by Crippen LogP contribution is -1.92. The molecule has 0 atom stereocenters. The Balaban J connectivity index is 0.884. The molecule has 0 aromatic heterocycles. The zero-order valence-electron chi connectivity index (χ0n) is 49.3. The molecule has 0 aliphatic carbocycles. The van der Waals surface area contributed by atoms with Crippen molar-refractivity contribution in [2.75, 3.05) is 0 Å². The van der Waals surface area contributed by atoms with Gasteiger partial charge in [-0.25, -0.2) is 0 Å². The first-order valence-corrected chi connectivity index (χ1v) is 31.2. The molecular weight excluding hydrogens is 1080 g/mol. The van der Waals surface area contributed by atoms with Crippen LogP contribution in [0.2, 0.25) is 0 Å². The molecule has 0 nitrogen and oxygen atoms in total. The van der Waals surface area contributed by atoms with E-state index in [-0.39, 0.29) is 0 Å². The summed E-state index contributed by atoms with van der Waals surface area (Å²) in [6.07, 6.45) is 0.